The summed E-state index contributed by atoms with van der Waals surface area (Å²) in [5.74, 6) is 3.36. The molecule has 6 aliphatic carbocycles. The number of anilines is 3. The van der Waals surface area contributed by atoms with Gasteiger partial charge in [0.25, 0.3) is 0 Å². The van der Waals surface area contributed by atoms with E-state index in [0.717, 1.165) is 23.7 Å². The van der Waals surface area contributed by atoms with E-state index in [0.29, 0.717) is 0 Å². The van der Waals surface area contributed by atoms with Gasteiger partial charge in [-0.25, -0.2) is 0 Å². The van der Waals surface area contributed by atoms with Crippen LogP contribution < -0.4 is 4.90 Å². The van der Waals surface area contributed by atoms with Crippen LogP contribution in [0.1, 0.15) is 68.2 Å². The van der Waals surface area contributed by atoms with Crippen LogP contribution in [0, 0.1) is 23.7 Å². The molecule has 6 aliphatic rings. The van der Waals surface area contributed by atoms with Crippen LogP contribution in [0.5, 0.6) is 0 Å². The average molecular weight is 646 g/mol. The highest BCUT2D eigenvalue weighted by atomic mass is 15.1. The molecule has 1 heteroatoms. The number of fused-ring (bicyclic) bond motifs is 6. The molecule has 0 unspecified atom stereocenters. The van der Waals surface area contributed by atoms with E-state index in [1.807, 2.05) is 0 Å². The van der Waals surface area contributed by atoms with E-state index in [2.05, 4.69) is 158 Å². The zero-order valence-corrected chi connectivity index (χ0v) is 29.1. The van der Waals surface area contributed by atoms with Gasteiger partial charge in [0, 0.05) is 27.9 Å². The molecule has 0 saturated heterocycles. The van der Waals surface area contributed by atoms with Crippen LogP contribution in [0.4, 0.5) is 17.1 Å². The fourth-order valence-corrected chi connectivity index (χ4v) is 12.2. The maximum absolute atomic E-state index is 2.62. The van der Waals surface area contributed by atoms with Crippen molar-refractivity contribution in [3.8, 4) is 33.4 Å². The molecule has 12 rings (SSSR count). The number of benzene rings is 6. The van der Waals surface area contributed by atoms with Crippen molar-refractivity contribution in [1.82, 2.24) is 0 Å². The number of hydrogen-bond acceptors (Lipinski definition) is 1. The van der Waals surface area contributed by atoms with Gasteiger partial charge in [-0.3, -0.25) is 0 Å². The summed E-state index contributed by atoms with van der Waals surface area (Å²) in [5.41, 5.74) is 18.1. The summed E-state index contributed by atoms with van der Waals surface area (Å²) in [5, 5.41) is 0. The molecule has 0 aliphatic heterocycles. The van der Waals surface area contributed by atoms with Crippen molar-refractivity contribution in [1.29, 1.82) is 0 Å². The lowest BCUT2D eigenvalue weighted by atomic mass is 9.43. The Morgan fingerprint density at radius 1 is 0.440 bits per heavy atom. The number of hydrogen-bond donors (Lipinski definition) is 0. The first-order valence-corrected chi connectivity index (χ1v) is 18.9. The first kappa shape index (κ1) is 28.9. The summed E-state index contributed by atoms with van der Waals surface area (Å²) in [6.45, 7) is 4.79. The van der Waals surface area contributed by atoms with Crippen molar-refractivity contribution in [2.24, 2.45) is 23.7 Å². The van der Waals surface area contributed by atoms with Gasteiger partial charge in [0.1, 0.15) is 0 Å². The molecule has 50 heavy (non-hydrogen) atoms. The van der Waals surface area contributed by atoms with Gasteiger partial charge in [-0.05, 0) is 148 Å². The molecule has 244 valence electrons. The second-order valence-corrected chi connectivity index (χ2v) is 16.6. The van der Waals surface area contributed by atoms with Crippen LogP contribution in [0.3, 0.4) is 0 Å². The second-order valence-electron chi connectivity index (χ2n) is 16.6. The predicted molar refractivity (Wildman–Crippen MR) is 207 cm³/mol. The van der Waals surface area contributed by atoms with Crippen LogP contribution in [0.2, 0.25) is 0 Å². The highest BCUT2D eigenvalue weighted by Crippen LogP contribution is 2.69. The van der Waals surface area contributed by atoms with E-state index in [4.69, 9.17) is 0 Å². The molecule has 6 aromatic carbocycles. The van der Waals surface area contributed by atoms with Gasteiger partial charge in [-0.15, -0.1) is 0 Å². The van der Waals surface area contributed by atoms with Crippen LogP contribution in [0.25, 0.3) is 33.4 Å². The lowest BCUT2D eigenvalue weighted by molar-refractivity contribution is -0.0399. The van der Waals surface area contributed by atoms with E-state index >= 15 is 0 Å². The van der Waals surface area contributed by atoms with Crippen LogP contribution >= 0.6 is 0 Å². The van der Waals surface area contributed by atoms with Gasteiger partial charge >= 0.3 is 0 Å². The smallest absolute Gasteiger partial charge is 0.0467 e. The summed E-state index contributed by atoms with van der Waals surface area (Å²) in [7, 11) is 0. The van der Waals surface area contributed by atoms with Gasteiger partial charge in [-0.1, -0.05) is 117 Å². The maximum atomic E-state index is 2.62. The van der Waals surface area contributed by atoms with Crippen molar-refractivity contribution in [2.45, 2.75) is 56.8 Å². The van der Waals surface area contributed by atoms with Gasteiger partial charge < -0.3 is 4.90 Å². The van der Waals surface area contributed by atoms with Crippen LogP contribution in [0.15, 0.2) is 140 Å². The molecule has 1 nitrogen and oxygen atoms in total. The molecule has 0 heterocycles. The van der Waals surface area contributed by atoms with E-state index in [1.165, 1.54) is 93.7 Å². The van der Waals surface area contributed by atoms with E-state index in [9.17, 15) is 0 Å². The average Bonchev–Trinajstić information content (AvgIpc) is 3.57. The fraction of sp³-hybridized carbons (Fsp3) is 0.265. The van der Waals surface area contributed by atoms with Crippen molar-refractivity contribution < 1.29 is 0 Å². The summed E-state index contributed by atoms with van der Waals surface area (Å²) < 4.78 is 0. The molecule has 0 radical (unpaired) electrons. The van der Waals surface area contributed by atoms with Crippen molar-refractivity contribution in [3.05, 3.63) is 162 Å². The third kappa shape index (κ3) is 3.79. The first-order chi connectivity index (χ1) is 24.5. The van der Waals surface area contributed by atoms with E-state index in [1.54, 1.807) is 11.1 Å². The third-order valence-electron chi connectivity index (χ3n) is 13.8. The van der Waals surface area contributed by atoms with Crippen LogP contribution in [-0.2, 0) is 10.8 Å². The van der Waals surface area contributed by atoms with Crippen LogP contribution in [-0.4, -0.2) is 0 Å². The monoisotopic (exact) mass is 645 g/mol. The van der Waals surface area contributed by atoms with Gasteiger partial charge in [-0.2, -0.15) is 0 Å². The summed E-state index contributed by atoms with van der Waals surface area (Å²) in [4.78, 5) is 2.51. The number of para-hydroxylation sites is 1. The predicted octanol–water partition coefficient (Wildman–Crippen LogP) is 12.9. The third-order valence-corrected chi connectivity index (χ3v) is 13.8. The minimum atomic E-state index is -0.0698. The zero-order valence-electron chi connectivity index (χ0n) is 29.1. The SMILES string of the molecule is CC1(C)c2ccccc2-c2cccc(-c3cccc(N(c4ccccc4)c4ccc5c(c4)C4(c6ccccc6-5)C5CC6CC(C5)CC4C6)c3)c21. The molecule has 0 N–H and O–H groups in total. The van der Waals surface area contributed by atoms with Gasteiger partial charge in [0.15, 0.2) is 0 Å². The van der Waals surface area contributed by atoms with Crippen molar-refractivity contribution in [3.63, 3.8) is 0 Å². The Morgan fingerprint density at radius 2 is 1.00 bits per heavy atom. The lowest BCUT2D eigenvalue weighted by Gasteiger charge is -2.61. The molecular formula is C49H43N. The fourth-order valence-electron chi connectivity index (χ4n) is 12.2. The molecule has 1 spiro atoms. The minimum absolute atomic E-state index is 0.0698. The van der Waals surface area contributed by atoms with E-state index < -0.39 is 0 Å². The summed E-state index contributed by atoms with van der Waals surface area (Å²) in [6.07, 6.45) is 7.08. The highest BCUT2D eigenvalue weighted by molar-refractivity contribution is 5.90. The summed E-state index contributed by atoms with van der Waals surface area (Å²) >= 11 is 0. The number of nitrogens with zero attached hydrogens (tertiary/aromatic N) is 1. The largest absolute Gasteiger partial charge is 0.310 e. The molecular weight excluding hydrogens is 603 g/mol. The molecule has 0 aromatic heterocycles. The zero-order chi connectivity index (χ0) is 33.2. The molecule has 4 fully saturated rings. The normalized spacial score (nSPS) is 25.6. The lowest BCUT2D eigenvalue weighted by Crippen LogP contribution is -2.55. The quantitative estimate of drug-likeness (QED) is 0.184. The van der Waals surface area contributed by atoms with E-state index in [-0.39, 0.29) is 10.8 Å². The Hall–Kier alpha value is -4.88. The Morgan fingerprint density at radius 3 is 1.76 bits per heavy atom. The summed E-state index contributed by atoms with van der Waals surface area (Å²) in [6, 6.07) is 53.2. The van der Waals surface area contributed by atoms with Gasteiger partial charge in [0.05, 0.1) is 0 Å². The Kier molecular flexibility index (Phi) is 5.97. The Balaban J connectivity index is 1.08. The molecule has 4 bridgehead atoms. The highest BCUT2D eigenvalue weighted by Gasteiger charge is 2.61. The first-order valence-electron chi connectivity index (χ1n) is 18.9. The van der Waals surface area contributed by atoms with Crippen molar-refractivity contribution >= 4 is 17.1 Å². The molecule has 6 aromatic rings. The minimum Gasteiger partial charge on any atom is -0.310 e. The topological polar surface area (TPSA) is 3.24 Å². The molecule has 0 amide bonds. The number of rotatable bonds is 4. The van der Waals surface area contributed by atoms with Crippen molar-refractivity contribution in [2.75, 3.05) is 4.90 Å². The maximum Gasteiger partial charge on any atom is 0.0467 e. The van der Waals surface area contributed by atoms with Gasteiger partial charge in [0.2, 0.25) is 0 Å². The Bertz CT molecular complexity index is 2300. The standard InChI is InChI=1S/C49H43N/c1-48(2)44-20-8-6-17-41(44)43-19-11-18-39(47(43)48)33-12-10-15-37(29-33)50(36-13-4-3-5-14-36)38-22-23-42-40-16-7-9-21-45(40)49(46(42)30-38)34-25-31-24-32(27-34)28-35(49)26-31/h3-23,29-32,34-35H,24-28H2,1-2H3. The Labute approximate surface area is 296 Å². The second kappa shape index (κ2) is 10.3. The molecule has 4 saturated carbocycles. The molecule has 0 atom stereocenters.